The number of rotatable bonds is 4. The Morgan fingerprint density at radius 3 is 2.65 bits per heavy atom. The molecule has 0 fully saturated rings. The first-order valence-corrected chi connectivity index (χ1v) is 5.67. The van der Waals surface area contributed by atoms with Gasteiger partial charge in [0, 0.05) is 11.3 Å². The largest absolute Gasteiger partial charge is 0.399 e. The molecule has 0 aliphatic rings. The topological polar surface area (TPSA) is 55.6 Å². The SMILES string of the molecule is CON(CC(C)C)C(=O)c1cc(N)ccc1C. The molecule has 0 spiro atoms. The van der Waals surface area contributed by atoms with E-state index in [2.05, 4.69) is 0 Å². The summed E-state index contributed by atoms with van der Waals surface area (Å²) in [6, 6.07) is 5.31. The molecule has 4 nitrogen and oxygen atoms in total. The smallest absolute Gasteiger partial charge is 0.277 e. The van der Waals surface area contributed by atoms with Crippen LogP contribution in [-0.4, -0.2) is 24.6 Å². The zero-order valence-corrected chi connectivity index (χ0v) is 10.9. The van der Waals surface area contributed by atoms with Crippen molar-refractivity contribution in [3.05, 3.63) is 29.3 Å². The van der Waals surface area contributed by atoms with Gasteiger partial charge in [-0.15, -0.1) is 0 Å². The number of nitrogens with zero attached hydrogens (tertiary/aromatic N) is 1. The van der Waals surface area contributed by atoms with Crippen LogP contribution in [0.25, 0.3) is 0 Å². The third-order valence-electron chi connectivity index (χ3n) is 2.47. The van der Waals surface area contributed by atoms with Crippen LogP contribution in [0.1, 0.15) is 29.8 Å². The maximum absolute atomic E-state index is 12.2. The fourth-order valence-electron chi connectivity index (χ4n) is 1.58. The molecule has 1 amide bonds. The van der Waals surface area contributed by atoms with Gasteiger partial charge >= 0.3 is 0 Å². The minimum Gasteiger partial charge on any atom is -0.399 e. The maximum Gasteiger partial charge on any atom is 0.277 e. The average Bonchev–Trinajstić information content (AvgIpc) is 2.28. The van der Waals surface area contributed by atoms with Crippen LogP contribution < -0.4 is 5.73 Å². The molecule has 0 radical (unpaired) electrons. The lowest BCUT2D eigenvalue weighted by Crippen LogP contribution is -2.33. The Morgan fingerprint density at radius 1 is 1.47 bits per heavy atom. The van der Waals surface area contributed by atoms with Crippen LogP contribution in [0, 0.1) is 12.8 Å². The summed E-state index contributed by atoms with van der Waals surface area (Å²) in [5.74, 6) is 0.200. The van der Waals surface area contributed by atoms with Crippen LogP contribution in [0.4, 0.5) is 5.69 Å². The van der Waals surface area contributed by atoms with Crippen molar-refractivity contribution in [2.45, 2.75) is 20.8 Å². The molecule has 1 aromatic rings. The monoisotopic (exact) mass is 236 g/mol. The first kappa shape index (κ1) is 13.5. The molecule has 0 saturated heterocycles. The third-order valence-corrected chi connectivity index (χ3v) is 2.47. The minimum atomic E-state index is -0.147. The molecule has 2 N–H and O–H groups in total. The summed E-state index contributed by atoms with van der Waals surface area (Å²) >= 11 is 0. The van der Waals surface area contributed by atoms with E-state index in [0.717, 1.165) is 5.56 Å². The molecule has 0 aromatic heterocycles. The summed E-state index contributed by atoms with van der Waals surface area (Å²) in [6.07, 6.45) is 0. The van der Waals surface area contributed by atoms with Gasteiger partial charge in [0.15, 0.2) is 0 Å². The maximum atomic E-state index is 12.2. The Hall–Kier alpha value is -1.55. The molecule has 0 atom stereocenters. The lowest BCUT2D eigenvalue weighted by Gasteiger charge is -2.22. The van der Waals surface area contributed by atoms with Gasteiger partial charge in [-0.3, -0.25) is 9.63 Å². The number of anilines is 1. The van der Waals surface area contributed by atoms with Crippen LogP contribution in [-0.2, 0) is 4.84 Å². The number of aryl methyl sites for hydroxylation is 1. The highest BCUT2D eigenvalue weighted by molar-refractivity contribution is 5.95. The predicted octanol–water partition coefficient (Wildman–Crippen LogP) is 2.24. The second-order valence-corrected chi connectivity index (χ2v) is 4.52. The van der Waals surface area contributed by atoms with Crippen LogP contribution in [0.2, 0.25) is 0 Å². The number of carbonyl (C=O) groups is 1. The van der Waals surface area contributed by atoms with Gasteiger partial charge in [-0.1, -0.05) is 19.9 Å². The summed E-state index contributed by atoms with van der Waals surface area (Å²) in [7, 11) is 1.50. The molecular formula is C13H20N2O2. The molecule has 4 heteroatoms. The number of hydrogen-bond donors (Lipinski definition) is 1. The van der Waals surface area contributed by atoms with Gasteiger partial charge in [-0.25, -0.2) is 5.06 Å². The number of carbonyl (C=O) groups excluding carboxylic acids is 1. The molecule has 0 bridgehead atoms. The highest BCUT2D eigenvalue weighted by Crippen LogP contribution is 2.16. The summed E-state index contributed by atoms with van der Waals surface area (Å²) in [5.41, 5.74) is 7.77. The van der Waals surface area contributed by atoms with Gasteiger partial charge in [0.25, 0.3) is 5.91 Å². The molecule has 0 aliphatic carbocycles. The van der Waals surface area contributed by atoms with E-state index in [-0.39, 0.29) is 5.91 Å². The molecule has 17 heavy (non-hydrogen) atoms. The average molecular weight is 236 g/mol. The van der Waals surface area contributed by atoms with Crippen LogP contribution in [0.5, 0.6) is 0 Å². The van der Waals surface area contributed by atoms with E-state index in [1.165, 1.54) is 12.2 Å². The second-order valence-electron chi connectivity index (χ2n) is 4.52. The Labute approximate surface area is 102 Å². The van der Waals surface area contributed by atoms with Crippen molar-refractivity contribution in [1.29, 1.82) is 0 Å². The number of hydroxylamine groups is 2. The summed E-state index contributed by atoms with van der Waals surface area (Å²) in [6.45, 7) is 6.51. The summed E-state index contributed by atoms with van der Waals surface area (Å²) in [5, 5.41) is 1.37. The molecule has 0 aliphatic heterocycles. The highest BCUT2D eigenvalue weighted by atomic mass is 16.7. The van der Waals surface area contributed by atoms with Gasteiger partial charge in [0.2, 0.25) is 0 Å². The molecule has 0 saturated carbocycles. The normalized spacial score (nSPS) is 10.6. The molecule has 0 heterocycles. The van der Waals surface area contributed by atoms with Crippen molar-refractivity contribution in [2.75, 3.05) is 19.4 Å². The van der Waals surface area contributed by atoms with Crippen molar-refractivity contribution >= 4 is 11.6 Å². The minimum absolute atomic E-state index is 0.147. The van der Waals surface area contributed by atoms with Gasteiger partial charge in [-0.2, -0.15) is 0 Å². The van der Waals surface area contributed by atoms with Gasteiger partial charge < -0.3 is 5.73 Å². The predicted molar refractivity (Wildman–Crippen MR) is 68.5 cm³/mol. The van der Waals surface area contributed by atoms with Gasteiger partial charge in [-0.05, 0) is 30.5 Å². The van der Waals surface area contributed by atoms with Gasteiger partial charge in [0.05, 0.1) is 13.7 Å². The van der Waals surface area contributed by atoms with Crippen LogP contribution >= 0.6 is 0 Å². The number of hydrogen-bond acceptors (Lipinski definition) is 3. The zero-order chi connectivity index (χ0) is 13.0. The summed E-state index contributed by atoms with van der Waals surface area (Å²) in [4.78, 5) is 17.3. The van der Waals surface area contributed by atoms with Crippen LogP contribution in [0.3, 0.4) is 0 Å². The highest BCUT2D eigenvalue weighted by Gasteiger charge is 2.18. The Morgan fingerprint density at radius 2 is 2.12 bits per heavy atom. The first-order valence-electron chi connectivity index (χ1n) is 5.67. The zero-order valence-electron chi connectivity index (χ0n) is 10.9. The lowest BCUT2D eigenvalue weighted by atomic mass is 10.1. The number of amides is 1. The van der Waals surface area contributed by atoms with E-state index in [1.54, 1.807) is 12.1 Å². The fraction of sp³-hybridized carbons (Fsp3) is 0.462. The van der Waals surface area contributed by atoms with E-state index in [9.17, 15) is 4.79 Å². The van der Waals surface area contributed by atoms with Crippen molar-refractivity contribution in [2.24, 2.45) is 5.92 Å². The molecule has 94 valence electrons. The molecule has 1 aromatic carbocycles. The van der Waals surface area contributed by atoms with E-state index in [4.69, 9.17) is 10.6 Å². The van der Waals surface area contributed by atoms with E-state index in [1.807, 2.05) is 26.8 Å². The fourth-order valence-corrected chi connectivity index (χ4v) is 1.58. The van der Waals surface area contributed by atoms with Crippen molar-refractivity contribution in [3.63, 3.8) is 0 Å². The standard InChI is InChI=1S/C13H20N2O2/c1-9(2)8-15(17-4)13(16)12-7-11(14)6-5-10(12)3/h5-7,9H,8,14H2,1-4H3. The lowest BCUT2D eigenvalue weighted by molar-refractivity contribution is -0.101. The van der Waals surface area contributed by atoms with Gasteiger partial charge in [0.1, 0.15) is 0 Å². The van der Waals surface area contributed by atoms with E-state index >= 15 is 0 Å². The van der Waals surface area contributed by atoms with Crippen molar-refractivity contribution in [3.8, 4) is 0 Å². The quantitative estimate of drug-likeness (QED) is 0.644. The molecule has 0 unspecified atom stereocenters. The number of nitrogen functional groups attached to an aromatic ring is 1. The Kier molecular flexibility index (Phi) is 4.52. The van der Waals surface area contributed by atoms with E-state index in [0.29, 0.717) is 23.7 Å². The van der Waals surface area contributed by atoms with Crippen molar-refractivity contribution in [1.82, 2.24) is 5.06 Å². The Balaban J connectivity index is 2.97. The number of benzene rings is 1. The van der Waals surface area contributed by atoms with Crippen LogP contribution in [0.15, 0.2) is 18.2 Å². The Bertz CT molecular complexity index is 402. The number of nitrogens with two attached hydrogens (primary N) is 1. The molecular weight excluding hydrogens is 216 g/mol. The van der Waals surface area contributed by atoms with E-state index < -0.39 is 0 Å². The molecule has 1 rings (SSSR count). The second kappa shape index (κ2) is 5.68. The van der Waals surface area contributed by atoms with Crippen molar-refractivity contribution < 1.29 is 9.63 Å². The third kappa shape index (κ3) is 3.46. The summed E-state index contributed by atoms with van der Waals surface area (Å²) < 4.78 is 0. The first-order chi connectivity index (χ1) is 7.95.